The first-order chi connectivity index (χ1) is 13.1. The van der Waals surface area contributed by atoms with E-state index in [1.807, 2.05) is 71.9 Å². The van der Waals surface area contributed by atoms with Crippen LogP contribution in [0.3, 0.4) is 0 Å². The fraction of sp³-hybridized carbons (Fsp3) is 0.150. The van der Waals surface area contributed by atoms with Gasteiger partial charge in [-0.15, -0.1) is 10.2 Å². The largest absolute Gasteiger partial charge is 0.399 e. The zero-order valence-electron chi connectivity index (χ0n) is 15.2. The Morgan fingerprint density at radius 3 is 2.63 bits per heavy atom. The Labute approximate surface area is 156 Å². The molecule has 0 amide bonds. The Balaban J connectivity index is 1.92. The Hall–Kier alpha value is -3.61. The summed E-state index contributed by atoms with van der Waals surface area (Å²) in [6, 6.07) is 15.3. The molecule has 0 aliphatic carbocycles. The molecule has 0 saturated heterocycles. The lowest BCUT2D eigenvalue weighted by Crippen LogP contribution is -2.24. The number of nitrogen functional groups attached to an aromatic ring is 1. The third-order valence-corrected chi connectivity index (χ3v) is 4.41. The highest BCUT2D eigenvalue weighted by molar-refractivity contribution is 5.84. The van der Waals surface area contributed by atoms with Crippen LogP contribution in [-0.2, 0) is 6.54 Å². The Morgan fingerprint density at radius 2 is 1.89 bits per heavy atom. The van der Waals surface area contributed by atoms with Crippen molar-refractivity contribution in [3.63, 3.8) is 0 Å². The molecule has 7 heteroatoms. The van der Waals surface area contributed by atoms with Crippen molar-refractivity contribution in [2.24, 2.45) is 0 Å². The van der Waals surface area contributed by atoms with Crippen molar-refractivity contribution in [2.45, 2.75) is 6.54 Å². The van der Waals surface area contributed by atoms with Crippen LogP contribution in [0.15, 0.2) is 59.4 Å². The standard InChI is InChI=1S/C20H20N6O/c1-24(2)19-22-23-20-25(12-6-9-14-7-4-3-5-8-14)18(27)16-13-15(21)10-11-17(16)26(19)20/h3-11,13H,12,21H2,1-2H3/b9-6+. The molecule has 136 valence electrons. The number of aromatic nitrogens is 4. The average molecular weight is 360 g/mol. The van der Waals surface area contributed by atoms with Crippen molar-refractivity contribution < 1.29 is 0 Å². The van der Waals surface area contributed by atoms with Crippen molar-refractivity contribution in [3.05, 3.63) is 70.5 Å². The molecule has 0 spiro atoms. The van der Waals surface area contributed by atoms with E-state index in [0.29, 0.717) is 29.3 Å². The normalized spacial score (nSPS) is 11.6. The van der Waals surface area contributed by atoms with E-state index in [1.165, 1.54) is 0 Å². The van der Waals surface area contributed by atoms with E-state index >= 15 is 0 Å². The molecule has 4 rings (SSSR count). The van der Waals surface area contributed by atoms with Gasteiger partial charge in [-0.25, -0.2) is 4.40 Å². The second-order valence-electron chi connectivity index (χ2n) is 6.54. The van der Waals surface area contributed by atoms with Crippen LogP contribution in [0, 0.1) is 0 Å². The number of benzene rings is 2. The summed E-state index contributed by atoms with van der Waals surface area (Å²) in [4.78, 5) is 15.0. The number of anilines is 2. The molecule has 27 heavy (non-hydrogen) atoms. The molecule has 2 N–H and O–H groups in total. The molecular formula is C20H20N6O. The molecule has 7 nitrogen and oxygen atoms in total. The second-order valence-corrected chi connectivity index (χ2v) is 6.54. The van der Waals surface area contributed by atoms with Gasteiger partial charge in [0.05, 0.1) is 10.9 Å². The first-order valence-electron chi connectivity index (χ1n) is 8.62. The number of allylic oxidation sites excluding steroid dienone is 1. The third-order valence-electron chi connectivity index (χ3n) is 4.41. The summed E-state index contributed by atoms with van der Waals surface area (Å²) in [6.45, 7) is 0.382. The van der Waals surface area contributed by atoms with Gasteiger partial charge in [-0.3, -0.25) is 9.36 Å². The first kappa shape index (κ1) is 16.8. The summed E-state index contributed by atoms with van der Waals surface area (Å²) in [6.07, 6.45) is 3.93. The number of nitrogens with two attached hydrogens (primary N) is 1. The number of fused-ring (bicyclic) bond motifs is 3. The molecule has 4 aromatic rings. The van der Waals surface area contributed by atoms with Crippen LogP contribution in [0.4, 0.5) is 11.6 Å². The van der Waals surface area contributed by atoms with Gasteiger partial charge < -0.3 is 10.6 Å². The van der Waals surface area contributed by atoms with Crippen LogP contribution >= 0.6 is 0 Å². The second kappa shape index (κ2) is 6.60. The van der Waals surface area contributed by atoms with E-state index in [9.17, 15) is 4.79 Å². The quantitative estimate of drug-likeness (QED) is 0.565. The SMILES string of the molecule is CN(C)c1nnc2n(C/C=C/c3ccccc3)c(=O)c3cc(N)ccc3n12. The monoisotopic (exact) mass is 360 g/mol. The van der Waals surface area contributed by atoms with Gasteiger partial charge in [-0.1, -0.05) is 42.5 Å². The minimum Gasteiger partial charge on any atom is -0.399 e. The molecule has 0 saturated carbocycles. The van der Waals surface area contributed by atoms with Gasteiger partial charge in [0.25, 0.3) is 5.56 Å². The van der Waals surface area contributed by atoms with Gasteiger partial charge in [0.1, 0.15) is 0 Å². The van der Waals surface area contributed by atoms with Gasteiger partial charge in [-0.05, 0) is 23.8 Å². The molecule has 2 heterocycles. The van der Waals surface area contributed by atoms with Gasteiger partial charge >= 0.3 is 0 Å². The van der Waals surface area contributed by atoms with Crippen molar-refractivity contribution in [1.29, 1.82) is 0 Å². The van der Waals surface area contributed by atoms with Crippen LogP contribution in [0.5, 0.6) is 0 Å². The lowest BCUT2D eigenvalue weighted by Gasteiger charge is -2.13. The predicted octanol–water partition coefficient (Wildman–Crippen LogP) is 2.41. The maximum absolute atomic E-state index is 13.1. The molecule has 0 bridgehead atoms. The summed E-state index contributed by atoms with van der Waals surface area (Å²) in [5.41, 5.74) is 8.14. The van der Waals surface area contributed by atoms with Crippen LogP contribution in [0.1, 0.15) is 5.56 Å². The average Bonchev–Trinajstić information content (AvgIpc) is 3.10. The van der Waals surface area contributed by atoms with Crippen molar-refractivity contribution >= 4 is 34.4 Å². The maximum Gasteiger partial charge on any atom is 0.263 e. The fourth-order valence-corrected chi connectivity index (χ4v) is 3.13. The van der Waals surface area contributed by atoms with E-state index in [0.717, 1.165) is 11.1 Å². The number of hydrogen-bond donors (Lipinski definition) is 1. The van der Waals surface area contributed by atoms with Gasteiger partial charge in [0.2, 0.25) is 11.7 Å². The van der Waals surface area contributed by atoms with E-state index in [2.05, 4.69) is 10.2 Å². The molecule has 0 unspecified atom stereocenters. The summed E-state index contributed by atoms with van der Waals surface area (Å²) >= 11 is 0. The lowest BCUT2D eigenvalue weighted by molar-refractivity contribution is 0.787. The molecule has 0 radical (unpaired) electrons. The van der Waals surface area contributed by atoms with Crippen molar-refractivity contribution in [2.75, 3.05) is 24.7 Å². The van der Waals surface area contributed by atoms with E-state index < -0.39 is 0 Å². The number of nitrogens with zero attached hydrogens (tertiary/aromatic N) is 5. The Morgan fingerprint density at radius 1 is 1.11 bits per heavy atom. The highest BCUT2D eigenvalue weighted by Gasteiger charge is 2.17. The summed E-state index contributed by atoms with van der Waals surface area (Å²) < 4.78 is 3.49. The summed E-state index contributed by atoms with van der Waals surface area (Å²) in [7, 11) is 3.79. The lowest BCUT2D eigenvalue weighted by atomic mass is 10.2. The van der Waals surface area contributed by atoms with Crippen LogP contribution in [0.2, 0.25) is 0 Å². The van der Waals surface area contributed by atoms with Gasteiger partial charge in [0.15, 0.2) is 0 Å². The van der Waals surface area contributed by atoms with Crippen LogP contribution in [0.25, 0.3) is 22.8 Å². The highest BCUT2D eigenvalue weighted by atomic mass is 16.1. The van der Waals surface area contributed by atoms with E-state index in [4.69, 9.17) is 5.73 Å². The van der Waals surface area contributed by atoms with E-state index in [1.54, 1.807) is 16.7 Å². The molecule has 0 aliphatic heterocycles. The zero-order chi connectivity index (χ0) is 19.0. The zero-order valence-corrected chi connectivity index (χ0v) is 15.2. The van der Waals surface area contributed by atoms with Crippen LogP contribution < -0.4 is 16.2 Å². The molecule has 0 aliphatic rings. The van der Waals surface area contributed by atoms with Crippen molar-refractivity contribution in [1.82, 2.24) is 19.2 Å². The van der Waals surface area contributed by atoms with Gasteiger partial charge in [-0.2, -0.15) is 0 Å². The Kier molecular flexibility index (Phi) is 4.12. The minimum absolute atomic E-state index is 0.139. The van der Waals surface area contributed by atoms with Crippen molar-refractivity contribution in [3.8, 4) is 0 Å². The van der Waals surface area contributed by atoms with Crippen LogP contribution in [-0.4, -0.2) is 33.3 Å². The molecule has 2 aromatic carbocycles. The Bertz CT molecular complexity index is 1200. The minimum atomic E-state index is -0.139. The molecule has 0 atom stereocenters. The fourth-order valence-electron chi connectivity index (χ4n) is 3.13. The molecular weight excluding hydrogens is 340 g/mol. The highest BCUT2D eigenvalue weighted by Crippen LogP contribution is 2.20. The van der Waals surface area contributed by atoms with Gasteiger partial charge in [0, 0.05) is 26.3 Å². The van der Waals surface area contributed by atoms with E-state index in [-0.39, 0.29) is 5.56 Å². The smallest absolute Gasteiger partial charge is 0.263 e. The topological polar surface area (TPSA) is 81.5 Å². The summed E-state index contributed by atoms with van der Waals surface area (Å²) in [5.74, 6) is 1.15. The third kappa shape index (κ3) is 2.93. The molecule has 2 aromatic heterocycles. The first-order valence-corrected chi connectivity index (χ1v) is 8.62. The number of rotatable bonds is 4. The number of hydrogen-bond acceptors (Lipinski definition) is 5. The maximum atomic E-state index is 13.1. The molecule has 0 fully saturated rings. The summed E-state index contributed by atoms with van der Waals surface area (Å²) in [5, 5.41) is 9.07. The predicted molar refractivity (Wildman–Crippen MR) is 109 cm³/mol.